The Bertz CT molecular complexity index is 691. The molecule has 6 heteroatoms. The van der Waals surface area contributed by atoms with E-state index in [1.807, 2.05) is 0 Å². The van der Waals surface area contributed by atoms with Crippen LogP contribution in [0.1, 0.15) is 17.3 Å². The van der Waals surface area contributed by atoms with Crippen LogP contribution < -0.4 is 10.6 Å². The van der Waals surface area contributed by atoms with Crippen molar-refractivity contribution >= 4 is 33.2 Å². The van der Waals surface area contributed by atoms with Crippen molar-refractivity contribution < 1.29 is 13.6 Å². The molecule has 0 unspecified atom stereocenters. The Morgan fingerprint density at radius 3 is 2.52 bits per heavy atom. The molecule has 110 valence electrons. The second kappa shape index (κ2) is 6.22. The maximum absolute atomic E-state index is 13.9. The second-order valence-corrected chi connectivity index (χ2v) is 5.21. The van der Waals surface area contributed by atoms with Crippen molar-refractivity contribution in [3.05, 3.63) is 58.1 Å². The van der Waals surface area contributed by atoms with Crippen molar-refractivity contribution in [2.24, 2.45) is 0 Å². The number of nitrogen functional groups attached to an aromatic ring is 1. The lowest BCUT2D eigenvalue weighted by Gasteiger charge is -2.22. The first-order chi connectivity index (χ1) is 9.95. The summed E-state index contributed by atoms with van der Waals surface area (Å²) >= 11 is 3.13. The highest BCUT2D eigenvalue weighted by Crippen LogP contribution is 2.27. The molecule has 2 rings (SSSR count). The van der Waals surface area contributed by atoms with Crippen molar-refractivity contribution in [1.82, 2.24) is 0 Å². The minimum atomic E-state index is -0.618. The van der Waals surface area contributed by atoms with Crippen LogP contribution in [0.2, 0.25) is 0 Å². The Kier molecular flexibility index (Phi) is 4.57. The first-order valence-electron chi connectivity index (χ1n) is 6.26. The van der Waals surface area contributed by atoms with Gasteiger partial charge in [-0.2, -0.15) is 0 Å². The molecule has 0 aliphatic rings. The Morgan fingerprint density at radius 1 is 1.24 bits per heavy atom. The summed E-state index contributed by atoms with van der Waals surface area (Å²) in [6.07, 6.45) is 0. The van der Waals surface area contributed by atoms with E-state index in [0.29, 0.717) is 0 Å². The number of amides is 1. The van der Waals surface area contributed by atoms with E-state index in [1.165, 1.54) is 23.1 Å². The molecule has 0 saturated heterocycles. The third-order valence-corrected chi connectivity index (χ3v) is 3.68. The van der Waals surface area contributed by atoms with Crippen LogP contribution in [-0.4, -0.2) is 12.5 Å². The number of nitrogens with two attached hydrogens (primary N) is 1. The maximum Gasteiger partial charge on any atom is 0.259 e. The van der Waals surface area contributed by atoms with Crippen molar-refractivity contribution in [3.63, 3.8) is 0 Å². The highest BCUT2D eigenvalue weighted by Gasteiger charge is 2.22. The van der Waals surface area contributed by atoms with Gasteiger partial charge in [0.25, 0.3) is 5.91 Å². The number of carbonyl (C=O) groups is 1. The molecule has 0 radical (unpaired) electrons. The van der Waals surface area contributed by atoms with Crippen LogP contribution >= 0.6 is 15.9 Å². The first-order valence-corrected chi connectivity index (χ1v) is 7.06. The SMILES string of the molecule is CCN(C(=O)c1cc(N)c(F)cc1Br)c1ccccc1F. The van der Waals surface area contributed by atoms with Gasteiger partial charge in [0.1, 0.15) is 11.6 Å². The fourth-order valence-electron chi connectivity index (χ4n) is 1.97. The van der Waals surface area contributed by atoms with E-state index in [-0.39, 0.29) is 28.0 Å². The maximum atomic E-state index is 13.9. The molecular formula is C15H13BrF2N2O. The van der Waals surface area contributed by atoms with Gasteiger partial charge in [0, 0.05) is 11.0 Å². The van der Waals surface area contributed by atoms with E-state index in [9.17, 15) is 13.6 Å². The van der Waals surface area contributed by atoms with Gasteiger partial charge in [0.05, 0.1) is 16.9 Å². The number of anilines is 2. The van der Waals surface area contributed by atoms with E-state index in [4.69, 9.17) is 5.73 Å². The highest BCUT2D eigenvalue weighted by molar-refractivity contribution is 9.10. The molecule has 0 aromatic heterocycles. The summed E-state index contributed by atoms with van der Waals surface area (Å²) in [5.74, 6) is -1.58. The molecule has 0 saturated carbocycles. The van der Waals surface area contributed by atoms with Gasteiger partial charge in [-0.15, -0.1) is 0 Å². The number of nitrogens with zero attached hydrogens (tertiary/aromatic N) is 1. The lowest BCUT2D eigenvalue weighted by atomic mass is 10.1. The minimum absolute atomic E-state index is 0.133. The fraction of sp³-hybridized carbons (Fsp3) is 0.133. The topological polar surface area (TPSA) is 46.3 Å². The van der Waals surface area contributed by atoms with Crippen LogP contribution in [0.4, 0.5) is 20.2 Å². The third kappa shape index (κ3) is 3.05. The summed E-state index contributed by atoms with van der Waals surface area (Å²) in [7, 11) is 0. The predicted octanol–water partition coefficient (Wildman–Crippen LogP) is 3.98. The molecular weight excluding hydrogens is 342 g/mol. The van der Waals surface area contributed by atoms with E-state index in [1.54, 1.807) is 19.1 Å². The zero-order chi connectivity index (χ0) is 15.6. The Hall–Kier alpha value is -1.95. The highest BCUT2D eigenvalue weighted by atomic mass is 79.9. The number of para-hydroxylation sites is 1. The Morgan fingerprint density at radius 2 is 1.90 bits per heavy atom. The summed E-state index contributed by atoms with van der Waals surface area (Å²) in [5.41, 5.74) is 5.71. The molecule has 0 atom stereocenters. The first kappa shape index (κ1) is 15.4. The Balaban J connectivity index is 2.47. The van der Waals surface area contributed by atoms with Gasteiger partial charge < -0.3 is 10.6 Å². The standard InChI is InChI=1S/C15H13BrF2N2O/c1-2-20(14-6-4-3-5-11(14)17)15(21)9-7-13(19)12(18)8-10(9)16/h3-8H,2,19H2,1H3. The van der Waals surface area contributed by atoms with Gasteiger partial charge in [-0.3, -0.25) is 4.79 Å². The van der Waals surface area contributed by atoms with Crippen molar-refractivity contribution in [3.8, 4) is 0 Å². The van der Waals surface area contributed by atoms with E-state index >= 15 is 0 Å². The molecule has 3 nitrogen and oxygen atoms in total. The second-order valence-electron chi connectivity index (χ2n) is 4.35. The van der Waals surface area contributed by atoms with Gasteiger partial charge in [0.2, 0.25) is 0 Å². The number of benzene rings is 2. The van der Waals surface area contributed by atoms with E-state index in [0.717, 1.165) is 6.07 Å². The molecule has 0 aliphatic carbocycles. The molecule has 0 aliphatic heterocycles. The summed E-state index contributed by atoms with van der Waals surface area (Å²) in [5, 5.41) is 0. The van der Waals surface area contributed by atoms with E-state index < -0.39 is 17.5 Å². The number of carbonyl (C=O) groups excluding carboxylic acids is 1. The van der Waals surface area contributed by atoms with Gasteiger partial charge in [-0.05, 0) is 47.1 Å². The summed E-state index contributed by atoms with van der Waals surface area (Å²) < 4.78 is 27.5. The molecule has 2 N–H and O–H groups in total. The zero-order valence-electron chi connectivity index (χ0n) is 11.2. The largest absolute Gasteiger partial charge is 0.396 e. The third-order valence-electron chi connectivity index (χ3n) is 3.02. The van der Waals surface area contributed by atoms with Crippen LogP contribution in [0.15, 0.2) is 40.9 Å². The number of hydrogen-bond donors (Lipinski definition) is 1. The molecule has 0 fully saturated rings. The van der Waals surface area contributed by atoms with Crippen LogP contribution in [0.3, 0.4) is 0 Å². The van der Waals surface area contributed by atoms with Gasteiger partial charge in [-0.1, -0.05) is 12.1 Å². The monoisotopic (exact) mass is 354 g/mol. The van der Waals surface area contributed by atoms with Crippen LogP contribution in [0.5, 0.6) is 0 Å². The normalized spacial score (nSPS) is 10.5. The average Bonchev–Trinajstić information content (AvgIpc) is 2.45. The lowest BCUT2D eigenvalue weighted by Crippen LogP contribution is -2.31. The van der Waals surface area contributed by atoms with Crippen molar-refractivity contribution in [1.29, 1.82) is 0 Å². The zero-order valence-corrected chi connectivity index (χ0v) is 12.8. The molecule has 21 heavy (non-hydrogen) atoms. The van der Waals surface area contributed by atoms with Crippen LogP contribution in [0.25, 0.3) is 0 Å². The molecule has 2 aromatic rings. The quantitative estimate of drug-likeness (QED) is 0.847. The van der Waals surface area contributed by atoms with Crippen LogP contribution in [-0.2, 0) is 0 Å². The predicted molar refractivity (Wildman–Crippen MR) is 82.3 cm³/mol. The molecule has 0 bridgehead atoms. The van der Waals surface area contributed by atoms with Crippen molar-refractivity contribution in [2.45, 2.75) is 6.92 Å². The molecule has 2 aromatic carbocycles. The van der Waals surface area contributed by atoms with Gasteiger partial charge >= 0.3 is 0 Å². The summed E-state index contributed by atoms with van der Waals surface area (Å²) in [4.78, 5) is 13.8. The number of hydrogen-bond acceptors (Lipinski definition) is 2. The lowest BCUT2D eigenvalue weighted by molar-refractivity contribution is 0.0986. The molecule has 0 heterocycles. The van der Waals surface area contributed by atoms with Crippen LogP contribution in [0, 0.1) is 11.6 Å². The van der Waals surface area contributed by atoms with Gasteiger partial charge in [0.15, 0.2) is 0 Å². The smallest absolute Gasteiger partial charge is 0.259 e. The Labute approximate surface area is 129 Å². The summed E-state index contributed by atoms with van der Waals surface area (Å²) in [6.45, 7) is 1.99. The van der Waals surface area contributed by atoms with Gasteiger partial charge in [-0.25, -0.2) is 8.78 Å². The average molecular weight is 355 g/mol. The van der Waals surface area contributed by atoms with E-state index in [2.05, 4.69) is 15.9 Å². The number of halogens is 3. The minimum Gasteiger partial charge on any atom is -0.396 e. The fourth-order valence-corrected chi connectivity index (χ4v) is 2.45. The molecule has 1 amide bonds. The number of rotatable bonds is 3. The summed E-state index contributed by atoms with van der Waals surface area (Å²) in [6, 6.07) is 8.34. The molecule has 0 spiro atoms. The van der Waals surface area contributed by atoms with Crippen molar-refractivity contribution in [2.75, 3.05) is 17.2 Å².